The number of benzene rings is 1. The number of hydrogen-bond acceptors (Lipinski definition) is 2. The van der Waals surface area contributed by atoms with Crippen molar-refractivity contribution in [2.24, 2.45) is 4.99 Å². The van der Waals surface area contributed by atoms with Gasteiger partial charge in [-0.05, 0) is 56.7 Å². The summed E-state index contributed by atoms with van der Waals surface area (Å²) in [4.78, 5) is 4.62. The lowest BCUT2D eigenvalue weighted by Crippen LogP contribution is -2.45. The van der Waals surface area contributed by atoms with Gasteiger partial charge in [-0.25, -0.2) is 0 Å². The maximum absolute atomic E-state index is 9.59. The van der Waals surface area contributed by atoms with Gasteiger partial charge in [-0.2, -0.15) is 0 Å². The van der Waals surface area contributed by atoms with Crippen LogP contribution < -0.4 is 10.6 Å². The molecule has 0 atom stereocenters. The molecule has 6 heteroatoms. The highest BCUT2D eigenvalue weighted by Crippen LogP contribution is 2.24. The van der Waals surface area contributed by atoms with Gasteiger partial charge in [0.05, 0.1) is 6.10 Å². The molecule has 2 rings (SSSR count). The summed E-state index contributed by atoms with van der Waals surface area (Å²) >= 11 is 12.4. The van der Waals surface area contributed by atoms with Gasteiger partial charge in [0.2, 0.25) is 0 Å². The third-order valence-corrected chi connectivity index (χ3v) is 4.78. The molecule has 4 nitrogen and oxygen atoms in total. The topological polar surface area (TPSA) is 56.7 Å². The molecule has 1 aromatic carbocycles. The lowest BCUT2D eigenvalue weighted by molar-refractivity contribution is 0.120. The summed E-state index contributed by atoms with van der Waals surface area (Å²) in [6.07, 6.45) is 4.22. The van der Waals surface area contributed by atoms with Crippen molar-refractivity contribution in [2.45, 2.75) is 51.2 Å². The number of aliphatic hydroxyl groups excluding tert-OH is 1. The average Bonchev–Trinajstić information content (AvgIpc) is 2.52. The van der Waals surface area contributed by atoms with Crippen LogP contribution in [0.5, 0.6) is 0 Å². The second kappa shape index (κ2) is 9.36. The van der Waals surface area contributed by atoms with E-state index < -0.39 is 0 Å². The van der Waals surface area contributed by atoms with Crippen LogP contribution in [-0.2, 0) is 6.42 Å². The van der Waals surface area contributed by atoms with Gasteiger partial charge in [-0.1, -0.05) is 29.3 Å². The predicted molar refractivity (Wildman–Crippen MR) is 97.5 cm³/mol. The van der Waals surface area contributed by atoms with E-state index in [4.69, 9.17) is 23.2 Å². The first kappa shape index (κ1) is 18.4. The Kier molecular flexibility index (Phi) is 7.47. The summed E-state index contributed by atoms with van der Waals surface area (Å²) < 4.78 is 0. The molecule has 0 saturated heterocycles. The monoisotopic (exact) mass is 357 g/mol. The number of rotatable bonds is 5. The Bertz CT molecular complexity index is 508. The van der Waals surface area contributed by atoms with Crippen LogP contribution in [0.2, 0.25) is 10.0 Å². The van der Waals surface area contributed by atoms with Crippen LogP contribution in [0.3, 0.4) is 0 Å². The van der Waals surface area contributed by atoms with Crippen molar-refractivity contribution in [1.82, 2.24) is 10.6 Å². The first-order valence-electron chi connectivity index (χ1n) is 8.26. The lowest BCUT2D eigenvalue weighted by atomic mass is 9.93. The normalized spacial score (nSPS) is 22.0. The molecule has 0 heterocycles. The summed E-state index contributed by atoms with van der Waals surface area (Å²) in [5.41, 5.74) is 0.941. The first-order valence-corrected chi connectivity index (χ1v) is 9.01. The predicted octanol–water partition coefficient (Wildman–Crippen LogP) is 3.39. The summed E-state index contributed by atoms with van der Waals surface area (Å²) in [5.74, 6) is 0.817. The van der Waals surface area contributed by atoms with Gasteiger partial charge in [0, 0.05) is 29.2 Å². The van der Waals surface area contributed by atoms with E-state index in [1.54, 1.807) is 0 Å². The Morgan fingerprint density at radius 1 is 1.22 bits per heavy atom. The van der Waals surface area contributed by atoms with Gasteiger partial charge in [0.15, 0.2) is 5.96 Å². The Balaban J connectivity index is 1.91. The van der Waals surface area contributed by atoms with Gasteiger partial charge in [-0.15, -0.1) is 0 Å². The fourth-order valence-electron chi connectivity index (χ4n) is 2.78. The molecule has 1 aromatic rings. The second-order valence-electron chi connectivity index (χ2n) is 5.86. The molecule has 0 bridgehead atoms. The van der Waals surface area contributed by atoms with E-state index in [0.717, 1.165) is 43.8 Å². The van der Waals surface area contributed by atoms with E-state index in [1.165, 1.54) is 0 Å². The van der Waals surface area contributed by atoms with Crippen LogP contribution in [0, 0.1) is 0 Å². The number of hydrogen-bond donors (Lipinski definition) is 3. The average molecular weight is 358 g/mol. The number of nitrogens with one attached hydrogen (secondary N) is 2. The smallest absolute Gasteiger partial charge is 0.191 e. The third-order valence-electron chi connectivity index (χ3n) is 4.08. The van der Waals surface area contributed by atoms with Crippen molar-refractivity contribution in [3.05, 3.63) is 33.8 Å². The maximum Gasteiger partial charge on any atom is 0.191 e. The molecule has 23 heavy (non-hydrogen) atoms. The minimum absolute atomic E-state index is 0.144. The lowest BCUT2D eigenvalue weighted by Gasteiger charge is -2.27. The quantitative estimate of drug-likeness (QED) is 0.559. The van der Waals surface area contributed by atoms with E-state index in [2.05, 4.69) is 15.6 Å². The zero-order valence-corrected chi connectivity index (χ0v) is 15.0. The zero-order valence-electron chi connectivity index (χ0n) is 13.5. The Morgan fingerprint density at radius 3 is 2.48 bits per heavy atom. The Labute approximate surface area is 148 Å². The van der Waals surface area contributed by atoms with Crippen LogP contribution in [0.4, 0.5) is 0 Å². The van der Waals surface area contributed by atoms with Crippen molar-refractivity contribution in [2.75, 3.05) is 13.1 Å². The van der Waals surface area contributed by atoms with Gasteiger partial charge in [0.1, 0.15) is 0 Å². The fraction of sp³-hybridized carbons (Fsp3) is 0.588. The number of guanidine groups is 1. The second-order valence-corrected chi connectivity index (χ2v) is 6.68. The SMILES string of the molecule is CCNC(=NCCc1c(Cl)cccc1Cl)NC1CCC(O)CC1. The molecule has 128 valence electrons. The van der Waals surface area contributed by atoms with E-state index in [9.17, 15) is 5.11 Å². The number of aliphatic hydroxyl groups is 1. The molecule has 1 saturated carbocycles. The van der Waals surface area contributed by atoms with Crippen molar-refractivity contribution in [3.63, 3.8) is 0 Å². The van der Waals surface area contributed by atoms with Crippen molar-refractivity contribution < 1.29 is 5.11 Å². The molecular formula is C17H25Cl2N3O. The molecular weight excluding hydrogens is 333 g/mol. The first-order chi connectivity index (χ1) is 11.1. The molecule has 1 aliphatic carbocycles. The molecule has 0 amide bonds. The van der Waals surface area contributed by atoms with Crippen LogP contribution >= 0.6 is 23.2 Å². The molecule has 0 spiro atoms. The molecule has 0 radical (unpaired) electrons. The summed E-state index contributed by atoms with van der Waals surface area (Å²) in [6, 6.07) is 5.92. The molecule has 0 unspecified atom stereocenters. The van der Waals surface area contributed by atoms with Gasteiger partial charge >= 0.3 is 0 Å². The van der Waals surface area contributed by atoms with Crippen LogP contribution in [0.1, 0.15) is 38.2 Å². The Hall–Kier alpha value is -0.970. The van der Waals surface area contributed by atoms with Crippen LogP contribution in [-0.4, -0.2) is 36.3 Å². The van der Waals surface area contributed by atoms with Crippen molar-refractivity contribution in [1.29, 1.82) is 0 Å². The van der Waals surface area contributed by atoms with E-state index >= 15 is 0 Å². The molecule has 3 N–H and O–H groups in total. The largest absolute Gasteiger partial charge is 0.393 e. The number of aliphatic imine (C=N–C) groups is 1. The van der Waals surface area contributed by atoms with Crippen LogP contribution in [0.15, 0.2) is 23.2 Å². The summed E-state index contributed by atoms with van der Waals surface area (Å²) in [7, 11) is 0. The molecule has 0 aliphatic heterocycles. The molecule has 1 aliphatic rings. The highest BCUT2D eigenvalue weighted by molar-refractivity contribution is 6.35. The van der Waals surface area contributed by atoms with Gasteiger partial charge < -0.3 is 15.7 Å². The number of nitrogens with zero attached hydrogens (tertiary/aromatic N) is 1. The van der Waals surface area contributed by atoms with E-state index in [0.29, 0.717) is 29.1 Å². The van der Waals surface area contributed by atoms with E-state index in [1.807, 2.05) is 25.1 Å². The minimum atomic E-state index is -0.144. The minimum Gasteiger partial charge on any atom is -0.393 e. The molecule has 0 aromatic heterocycles. The van der Waals surface area contributed by atoms with Crippen molar-refractivity contribution >= 4 is 29.2 Å². The van der Waals surface area contributed by atoms with Crippen molar-refractivity contribution in [3.8, 4) is 0 Å². The molecule has 1 fully saturated rings. The standard InChI is InChI=1S/C17H25Cl2N3O/c1-2-20-17(22-12-6-8-13(23)9-7-12)21-11-10-14-15(18)4-3-5-16(14)19/h3-5,12-13,23H,2,6-11H2,1H3,(H2,20,21,22). The summed E-state index contributed by atoms with van der Waals surface area (Å²) in [5, 5.41) is 17.7. The van der Waals surface area contributed by atoms with E-state index in [-0.39, 0.29) is 6.10 Å². The summed E-state index contributed by atoms with van der Waals surface area (Å²) in [6.45, 7) is 3.48. The highest BCUT2D eigenvalue weighted by Gasteiger charge is 2.19. The maximum atomic E-state index is 9.59. The van der Waals surface area contributed by atoms with Gasteiger partial charge in [-0.3, -0.25) is 4.99 Å². The van der Waals surface area contributed by atoms with Crippen LogP contribution in [0.25, 0.3) is 0 Å². The third kappa shape index (κ3) is 5.87. The number of halogens is 2. The Morgan fingerprint density at radius 2 is 1.87 bits per heavy atom. The van der Waals surface area contributed by atoms with Gasteiger partial charge in [0.25, 0.3) is 0 Å². The fourth-order valence-corrected chi connectivity index (χ4v) is 3.37. The zero-order chi connectivity index (χ0) is 16.7. The highest BCUT2D eigenvalue weighted by atomic mass is 35.5.